The lowest BCUT2D eigenvalue weighted by atomic mass is 9.96. The summed E-state index contributed by atoms with van der Waals surface area (Å²) in [7, 11) is 0. The highest BCUT2D eigenvalue weighted by Gasteiger charge is 2.45. The zero-order valence-electron chi connectivity index (χ0n) is 14.3. The first-order valence-corrected chi connectivity index (χ1v) is 8.97. The highest BCUT2D eigenvalue weighted by molar-refractivity contribution is 5.84. The van der Waals surface area contributed by atoms with Crippen molar-refractivity contribution in [3.05, 3.63) is 6.33 Å². The monoisotopic (exact) mass is 364 g/mol. The van der Waals surface area contributed by atoms with E-state index in [0.29, 0.717) is 17.1 Å². The first-order chi connectivity index (χ1) is 12.6. The van der Waals surface area contributed by atoms with Crippen molar-refractivity contribution in [2.75, 3.05) is 17.7 Å². The molecule has 4 unspecified atom stereocenters. The van der Waals surface area contributed by atoms with Gasteiger partial charge in [0.15, 0.2) is 23.2 Å². The molecular formula is C16H24N6O4. The second kappa shape index (κ2) is 6.95. The van der Waals surface area contributed by atoms with Gasteiger partial charge in [0.2, 0.25) is 5.95 Å². The van der Waals surface area contributed by atoms with E-state index in [1.165, 1.54) is 12.7 Å². The van der Waals surface area contributed by atoms with Crippen LogP contribution in [-0.2, 0) is 4.74 Å². The third kappa shape index (κ3) is 2.88. The number of aliphatic hydroxyl groups is 3. The fourth-order valence-corrected chi connectivity index (χ4v) is 3.79. The Bertz CT molecular complexity index is 777. The van der Waals surface area contributed by atoms with Crippen molar-refractivity contribution in [2.45, 2.75) is 62.7 Å². The van der Waals surface area contributed by atoms with Crippen molar-refractivity contribution in [1.29, 1.82) is 0 Å². The number of aliphatic hydroxyl groups excluding tert-OH is 3. The van der Waals surface area contributed by atoms with Gasteiger partial charge < -0.3 is 31.1 Å². The van der Waals surface area contributed by atoms with Crippen LogP contribution in [0.4, 0.5) is 11.8 Å². The maximum atomic E-state index is 10.5. The summed E-state index contributed by atoms with van der Waals surface area (Å²) in [5.41, 5.74) is 6.75. The molecule has 2 fully saturated rings. The maximum absolute atomic E-state index is 10.5. The average molecular weight is 364 g/mol. The fraction of sp³-hybridized carbons (Fsp3) is 0.688. The normalized spacial score (nSPS) is 30.1. The summed E-state index contributed by atoms with van der Waals surface area (Å²) in [6, 6.07) is 0.255. The second-order valence-electron chi connectivity index (χ2n) is 6.94. The van der Waals surface area contributed by atoms with Gasteiger partial charge in [-0.1, -0.05) is 19.3 Å². The second-order valence-corrected chi connectivity index (χ2v) is 6.94. The van der Waals surface area contributed by atoms with Gasteiger partial charge in [-0.05, 0) is 12.8 Å². The number of rotatable bonds is 4. The molecule has 1 aliphatic heterocycles. The van der Waals surface area contributed by atoms with Gasteiger partial charge in [-0.25, -0.2) is 15.0 Å². The van der Waals surface area contributed by atoms with Crippen LogP contribution in [0.25, 0.3) is 11.2 Å². The van der Waals surface area contributed by atoms with Crippen LogP contribution in [0, 0.1) is 0 Å². The van der Waals surface area contributed by atoms with Gasteiger partial charge in [-0.3, -0.25) is 4.57 Å². The van der Waals surface area contributed by atoms with Gasteiger partial charge >= 0.3 is 0 Å². The molecule has 0 radical (unpaired) electrons. The Morgan fingerprint density at radius 1 is 1.19 bits per heavy atom. The van der Waals surface area contributed by atoms with Crippen molar-refractivity contribution in [2.24, 2.45) is 0 Å². The number of hydrogen-bond donors (Lipinski definition) is 5. The first-order valence-electron chi connectivity index (χ1n) is 8.97. The number of anilines is 2. The molecule has 1 saturated heterocycles. The minimum Gasteiger partial charge on any atom is -0.394 e. The number of nitrogens with one attached hydrogen (secondary N) is 1. The zero-order chi connectivity index (χ0) is 18.3. The van der Waals surface area contributed by atoms with Gasteiger partial charge in [-0.15, -0.1) is 0 Å². The van der Waals surface area contributed by atoms with Crippen molar-refractivity contribution in [3.8, 4) is 0 Å². The maximum Gasteiger partial charge on any atom is 0.207 e. The summed E-state index contributed by atoms with van der Waals surface area (Å²) in [5, 5.41) is 33.4. The van der Waals surface area contributed by atoms with Crippen molar-refractivity contribution >= 4 is 22.9 Å². The van der Waals surface area contributed by atoms with Gasteiger partial charge in [0.1, 0.15) is 24.6 Å². The molecule has 4 rings (SSSR count). The largest absolute Gasteiger partial charge is 0.394 e. The summed E-state index contributed by atoms with van der Waals surface area (Å²) in [4.78, 5) is 12.7. The zero-order valence-corrected chi connectivity index (χ0v) is 14.3. The van der Waals surface area contributed by atoms with Gasteiger partial charge in [0, 0.05) is 6.04 Å². The molecule has 0 spiro atoms. The van der Waals surface area contributed by atoms with E-state index in [-0.39, 0.29) is 11.9 Å². The minimum atomic E-state index is -1.23. The van der Waals surface area contributed by atoms with E-state index in [1.807, 2.05) is 0 Å². The smallest absolute Gasteiger partial charge is 0.207 e. The van der Waals surface area contributed by atoms with E-state index in [1.54, 1.807) is 4.57 Å². The summed E-state index contributed by atoms with van der Waals surface area (Å²) in [5.74, 6) is 0.695. The lowest BCUT2D eigenvalue weighted by Gasteiger charge is -2.25. The Kier molecular flexibility index (Phi) is 4.65. The molecule has 0 aromatic carbocycles. The molecule has 3 heterocycles. The molecule has 2 aliphatic rings. The van der Waals surface area contributed by atoms with Crippen LogP contribution in [0.15, 0.2) is 6.33 Å². The number of nitrogens with zero attached hydrogens (tertiary/aromatic N) is 4. The van der Waals surface area contributed by atoms with E-state index in [2.05, 4.69) is 20.3 Å². The minimum absolute atomic E-state index is 0.229. The molecule has 10 heteroatoms. The van der Waals surface area contributed by atoms with Crippen molar-refractivity contribution < 1.29 is 20.1 Å². The third-order valence-electron chi connectivity index (χ3n) is 5.22. The third-order valence-corrected chi connectivity index (χ3v) is 5.22. The molecule has 0 amide bonds. The van der Waals surface area contributed by atoms with E-state index in [4.69, 9.17) is 10.5 Å². The van der Waals surface area contributed by atoms with Crippen molar-refractivity contribution in [3.63, 3.8) is 0 Å². The standard InChI is InChI=1S/C16H24N6O4/c17-13-10-14(19-7-18-13)22(15-12(25)11(24)9(6-23)26-15)16(21-10)20-8-4-2-1-3-5-8/h7-9,11-12,15,23-25H,1-6H2,(H,20,21)(H2,17,18,19). The highest BCUT2D eigenvalue weighted by Crippen LogP contribution is 2.35. The van der Waals surface area contributed by atoms with Crippen LogP contribution >= 0.6 is 0 Å². The molecule has 10 nitrogen and oxygen atoms in total. The van der Waals surface area contributed by atoms with Gasteiger partial charge in [0.25, 0.3) is 0 Å². The lowest BCUT2D eigenvalue weighted by Crippen LogP contribution is -2.33. The number of nitrogens with two attached hydrogens (primary N) is 1. The van der Waals surface area contributed by atoms with E-state index < -0.39 is 31.1 Å². The van der Waals surface area contributed by atoms with E-state index >= 15 is 0 Å². The number of imidazole rings is 1. The number of nitrogen functional groups attached to an aromatic ring is 1. The molecule has 2 aromatic heterocycles. The average Bonchev–Trinajstić information content (AvgIpc) is 3.15. The molecule has 26 heavy (non-hydrogen) atoms. The van der Waals surface area contributed by atoms with Crippen LogP contribution in [0.3, 0.4) is 0 Å². The Labute approximate surface area is 150 Å². The van der Waals surface area contributed by atoms with E-state index in [0.717, 1.165) is 25.7 Å². The van der Waals surface area contributed by atoms with Crippen LogP contribution in [0.2, 0.25) is 0 Å². The molecular weight excluding hydrogens is 340 g/mol. The number of fused-ring (bicyclic) bond motifs is 1. The topological polar surface area (TPSA) is 152 Å². The summed E-state index contributed by atoms with van der Waals surface area (Å²) >= 11 is 0. The fourth-order valence-electron chi connectivity index (χ4n) is 3.79. The Balaban J connectivity index is 1.76. The van der Waals surface area contributed by atoms with Gasteiger partial charge in [-0.2, -0.15) is 0 Å². The summed E-state index contributed by atoms with van der Waals surface area (Å²) in [6.45, 7) is -0.399. The first kappa shape index (κ1) is 17.4. The summed E-state index contributed by atoms with van der Waals surface area (Å²) < 4.78 is 7.29. The number of ether oxygens (including phenoxy) is 1. The molecule has 4 atom stereocenters. The van der Waals surface area contributed by atoms with E-state index in [9.17, 15) is 15.3 Å². The molecule has 0 bridgehead atoms. The SMILES string of the molecule is Nc1ncnc2c1nc(NC1CCCCC1)n2C1OC(CO)C(O)C1O. The summed E-state index contributed by atoms with van der Waals surface area (Å²) in [6.07, 6.45) is 2.64. The van der Waals surface area contributed by atoms with Crippen LogP contribution < -0.4 is 11.1 Å². The number of aromatic nitrogens is 4. The van der Waals surface area contributed by atoms with Crippen molar-refractivity contribution in [1.82, 2.24) is 19.5 Å². The van der Waals surface area contributed by atoms with Crippen LogP contribution in [0.1, 0.15) is 38.3 Å². The predicted molar refractivity (Wildman–Crippen MR) is 93.2 cm³/mol. The van der Waals surface area contributed by atoms with Crippen LogP contribution in [0.5, 0.6) is 0 Å². The quantitative estimate of drug-likeness (QED) is 0.495. The van der Waals surface area contributed by atoms with Gasteiger partial charge in [0.05, 0.1) is 6.61 Å². The lowest BCUT2D eigenvalue weighted by molar-refractivity contribution is -0.0502. The molecule has 2 aromatic rings. The predicted octanol–water partition coefficient (Wildman–Crippen LogP) is -0.235. The molecule has 1 aliphatic carbocycles. The Morgan fingerprint density at radius 3 is 2.65 bits per heavy atom. The molecule has 1 saturated carbocycles. The van der Waals surface area contributed by atoms with Crippen LogP contribution in [-0.4, -0.2) is 65.8 Å². The Hall–Kier alpha value is -2.01. The highest BCUT2D eigenvalue weighted by atomic mass is 16.6. The molecule has 6 N–H and O–H groups in total. The number of hydrogen-bond acceptors (Lipinski definition) is 9. The molecule has 142 valence electrons. The Morgan fingerprint density at radius 2 is 1.96 bits per heavy atom.